The normalized spacial score (nSPS) is 19.3. The SMILES string of the molecule is CC(O)[C@@H](C)C(F)(F)F. The highest BCUT2D eigenvalue weighted by Crippen LogP contribution is 2.27. The predicted octanol–water partition coefficient (Wildman–Crippen LogP) is 1.57. The van der Waals surface area contributed by atoms with Gasteiger partial charge in [0.15, 0.2) is 0 Å². The van der Waals surface area contributed by atoms with Crippen molar-refractivity contribution in [3.63, 3.8) is 0 Å². The average Bonchev–Trinajstić information content (AvgIpc) is 1.62. The van der Waals surface area contributed by atoms with Gasteiger partial charge in [-0.1, -0.05) is 6.92 Å². The van der Waals surface area contributed by atoms with E-state index in [9.17, 15) is 13.2 Å². The molecule has 9 heavy (non-hydrogen) atoms. The zero-order chi connectivity index (χ0) is 7.65. The summed E-state index contributed by atoms with van der Waals surface area (Å²) >= 11 is 0. The van der Waals surface area contributed by atoms with E-state index < -0.39 is 18.2 Å². The molecule has 0 aliphatic carbocycles. The van der Waals surface area contributed by atoms with E-state index >= 15 is 0 Å². The van der Waals surface area contributed by atoms with Crippen molar-refractivity contribution in [2.75, 3.05) is 0 Å². The first-order valence-corrected chi connectivity index (χ1v) is 2.60. The third kappa shape index (κ3) is 2.70. The Hall–Kier alpha value is -0.250. The van der Waals surface area contributed by atoms with Crippen LogP contribution in [0.5, 0.6) is 0 Å². The molecule has 1 nitrogen and oxygen atoms in total. The average molecular weight is 142 g/mol. The first-order chi connectivity index (χ1) is 3.85. The van der Waals surface area contributed by atoms with Gasteiger partial charge < -0.3 is 5.11 Å². The Morgan fingerprint density at radius 2 is 1.56 bits per heavy atom. The summed E-state index contributed by atoms with van der Waals surface area (Å²) < 4.78 is 34.6. The lowest BCUT2D eigenvalue weighted by atomic mass is 10.1. The van der Waals surface area contributed by atoms with Gasteiger partial charge in [-0.15, -0.1) is 0 Å². The molecule has 0 radical (unpaired) electrons. The molecule has 0 rings (SSSR count). The minimum atomic E-state index is -4.27. The van der Waals surface area contributed by atoms with Crippen LogP contribution in [0.2, 0.25) is 0 Å². The molecular weight excluding hydrogens is 133 g/mol. The Balaban J connectivity index is 3.88. The molecule has 0 bridgehead atoms. The molecule has 2 atom stereocenters. The van der Waals surface area contributed by atoms with Crippen molar-refractivity contribution in [3.8, 4) is 0 Å². The maximum atomic E-state index is 11.5. The lowest BCUT2D eigenvalue weighted by Gasteiger charge is -2.17. The maximum Gasteiger partial charge on any atom is 0.394 e. The van der Waals surface area contributed by atoms with Gasteiger partial charge in [0.1, 0.15) is 0 Å². The summed E-state index contributed by atoms with van der Waals surface area (Å²) in [6, 6.07) is 0. The van der Waals surface area contributed by atoms with Gasteiger partial charge in [-0.25, -0.2) is 0 Å². The minimum absolute atomic E-state index is 0.949. The molecule has 56 valence electrons. The quantitative estimate of drug-likeness (QED) is 0.589. The van der Waals surface area contributed by atoms with Crippen molar-refractivity contribution in [3.05, 3.63) is 0 Å². The Morgan fingerprint density at radius 3 is 1.56 bits per heavy atom. The van der Waals surface area contributed by atoms with E-state index in [-0.39, 0.29) is 0 Å². The first kappa shape index (κ1) is 8.75. The molecule has 0 amide bonds. The third-order valence-electron chi connectivity index (χ3n) is 1.24. The summed E-state index contributed by atoms with van der Waals surface area (Å²) in [5, 5.41) is 8.44. The first-order valence-electron chi connectivity index (χ1n) is 2.60. The van der Waals surface area contributed by atoms with Crippen molar-refractivity contribution >= 4 is 0 Å². The summed E-state index contributed by atoms with van der Waals surface area (Å²) in [7, 11) is 0. The van der Waals surface area contributed by atoms with Crippen LogP contribution in [0.1, 0.15) is 13.8 Å². The fourth-order valence-corrected chi connectivity index (χ4v) is 0.273. The summed E-state index contributed by atoms with van der Waals surface area (Å²) in [6.07, 6.45) is -5.58. The van der Waals surface area contributed by atoms with Crippen LogP contribution in [0.15, 0.2) is 0 Å². The summed E-state index contributed by atoms with van der Waals surface area (Å²) in [5.74, 6) is -1.63. The van der Waals surface area contributed by atoms with Gasteiger partial charge >= 0.3 is 6.18 Å². The van der Waals surface area contributed by atoms with Gasteiger partial charge in [-0.3, -0.25) is 0 Å². The fourth-order valence-electron chi connectivity index (χ4n) is 0.273. The molecule has 0 aromatic carbocycles. The van der Waals surface area contributed by atoms with Gasteiger partial charge in [-0.05, 0) is 6.92 Å². The molecular formula is C5H9F3O. The lowest BCUT2D eigenvalue weighted by Crippen LogP contribution is -2.29. The van der Waals surface area contributed by atoms with E-state index in [0.29, 0.717) is 0 Å². The van der Waals surface area contributed by atoms with Crippen LogP contribution in [0.3, 0.4) is 0 Å². The van der Waals surface area contributed by atoms with E-state index in [4.69, 9.17) is 5.11 Å². The van der Waals surface area contributed by atoms with Crippen LogP contribution in [0.25, 0.3) is 0 Å². The van der Waals surface area contributed by atoms with E-state index in [2.05, 4.69) is 0 Å². The monoisotopic (exact) mass is 142 g/mol. The zero-order valence-corrected chi connectivity index (χ0v) is 5.24. The molecule has 0 aromatic rings. The maximum absolute atomic E-state index is 11.5. The molecule has 4 heteroatoms. The van der Waals surface area contributed by atoms with Crippen LogP contribution in [0.4, 0.5) is 13.2 Å². The van der Waals surface area contributed by atoms with Crippen LogP contribution < -0.4 is 0 Å². The van der Waals surface area contributed by atoms with Crippen LogP contribution >= 0.6 is 0 Å². The number of alkyl halides is 3. The van der Waals surface area contributed by atoms with Gasteiger partial charge in [0.25, 0.3) is 0 Å². The van der Waals surface area contributed by atoms with E-state index in [1.54, 1.807) is 0 Å². The second-order valence-corrected chi connectivity index (χ2v) is 2.07. The second-order valence-electron chi connectivity index (χ2n) is 2.07. The summed E-state index contributed by atoms with van der Waals surface area (Å²) in [4.78, 5) is 0. The number of rotatable bonds is 1. The fraction of sp³-hybridized carbons (Fsp3) is 1.00. The number of hydrogen-bond donors (Lipinski definition) is 1. The summed E-state index contributed by atoms with van der Waals surface area (Å²) in [5.41, 5.74) is 0. The van der Waals surface area contributed by atoms with Crippen molar-refractivity contribution in [2.24, 2.45) is 5.92 Å². The predicted molar refractivity (Wildman–Crippen MR) is 26.9 cm³/mol. The standard InChI is InChI=1S/C5H9F3O/c1-3(4(2)9)5(6,7)8/h3-4,9H,1-2H3/t3-,4?/m1/s1. The molecule has 0 fully saturated rings. The number of hydrogen-bond acceptors (Lipinski definition) is 1. The second kappa shape index (κ2) is 2.56. The van der Waals surface area contributed by atoms with E-state index in [1.807, 2.05) is 0 Å². The van der Waals surface area contributed by atoms with Gasteiger partial charge in [0, 0.05) is 0 Å². The molecule has 1 N–H and O–H groups in total. The molecule has 0 heterocycles. The molecule has 0 saturated carbocycles. The highest BCUT2D eigenvalue weighted by atomic mass is 19.4. The van der Waals surface area contributed by atoms with Gasteiger partial charge in [-0.2, -0.15) is 13.2 Å². The van der Waals surface area contributed by atoms with E-state index in [1.165, 1.54) is 0 Å². The van der Waals surface area contributed by atoms with Gasteiger partial charge in [0.2, 0.25) is 0 Å². The minimum Gasteiger partial charge on any atom is -0.393 e. The Bertz CT molecular complexity index is 86.7. The summed E-state index contributed by atoms with van der Waals surface area (Å²) in [6.45, 7) is 2.07. The smallest absolute Gasteiger partial charge is 0.393 e. The largest absolute Gasteiger partial charge is 0.394 e. The Kier molecular flexibility index (Phi) is 2.49. The topological polar surface area (TPSA) is 20.2 Å². The van der Waals surface area contributed by atoms with Crippen LogP contribution in [-0.4, -0.2) is 17.4 Å². The molecule has 1 unspecified atom stereocenters. The molecule has 0 saturated heterocycles. The highest BCUT2D eigenvalue weighted by Gasteiger charge is 2.38. The van der Waals surface area contributed by atoms with E-state index in [0.717, 1.165) is 13.8 Å². The molecule has 0 spiro atoms. The van der Waals surface area contributed by atoms with Crippen LogP contribution in [0, 0.1) is 5.92 Å². The van der Waals surface area contributed by atoms with Crippen LogP contribution in [-0.2, 0) is 0 Å². The Morgan fingerprint density at radius 1 is 1.22 bits per heavy atom. The van der Waals surface area contributed by atoms with Crippen molar-refractivity contribution in [1.29, 1.82) is 0 Å². The number of halogens is 3. The van der Waals surface area contributed by atoms with Crippen molar-refractivity contribution in [2.45, 2.75) is 26.1 Å². The molecule has 0 aromatic heterocycles. The zero-order valence-electron chi connectivity index (χ0n) is 5.24. The number of aliphatic hydroxyl groups excluding tert-OH is 1. The number of aliphatic hydroxyl groups is 1. The van der Waals surface area contributed by atoms with Gasteiger partial charge in [0.05, 0.1) is 12.0 Å². The third-order valence-corrected chi connectivity index (χ3v) is 1.24. The Labute approximate surface area is 51.5 Å². The molecule has 0 aliphatic heterocycles. The van der Waals surface area contributed by atoms with Crippen molar-refractivity contribution in [1.82, 2.24) is 0 Å². The highest BCUT2D eigenvalue weighted by molar-refractivity contribution is 4.66. The van der Waals surface area contributed by atoms with Crippen molar-refractivity contribution < 1.29 is 18.3 Å². The lowest BCUT2D eigenvalue weighted by molar-refractivity contribution is -0.191. The molecule has 0 aliphatic rings.